The zero-order valence-electron chi connectivity index (χ0n) is 16.0. The molecule has 2 aromatic carbocycles. The molecule has 10 heteroatoms. The second-order valence-electron chi connectivity index (χ2n) is 6.57. The lowest BCUT2D eigenvalue weighted by atomic mass is 10.2. The molecule has 4 aromatic rings. The van der Waals surface area contributed by atoms with E-state index in [0.29, 0.717) is 17.4 Å². The lowest BCUT2D eigenvalue weighted by Crippen LogP contribution is -2.15. The normalized spacial score (nSPS) is 10.8. The maximum Gasteiger partial charge on any atom is 0.277 e. The monoisotopic (exact) mass is 443 g/mol. The van der Waals surface area contributed by atoms with Crippen LogP contribution < -0.4 is 10.1 Å². The molecule has 158 valence electrons. The van der Waals surface area contributed by atoms with Gasteiger partial charge in [-0.3, -0.25) is 9.48 Å². The Morgan fingerprint density at radius 1 is 1.00 bits per heavy atom. The number of amides is 1. The first-order valence-electron chi connectivity index (χ1n) is 9.17. The van der Waals surface area contributed by atoms with Gasteiger partial charge in [-0.2, -0.15) is 10.2 Å². The van der Waals surface area contributed by atoms with E-state index in [9.17, 15) is 13.6 Å². The van der Waals surface area contributed by atoms with Crippen molar-refractivity contribution < 1.29 is 18.3 Å². The Bertz CT molecular complexity index is 1210. The van der Waals surface area contributed by atoms with Crippen molar-refractivity contribution in [2.24, 2.45) is 0 Å². The second-order valence-corrected chi connectivity index (χ2v) is 7.00. The van der Waals surface area contributed by atoms with Crippen molar-refractivity contribution in [3.63, 3.8) is 0 Å². The lowest BCUT2D eigenvalue weighted by molar-refractivity contribution is 0.101. The van der Waals surface area contributed by atoms with E-state index >= 15 is 0 Å². The maximum atomic E-state index is 13.6. The van der Waals surface area contributed by atoms with E-state index in [0.717, 1.165) is 17.7 Å². The molecule has 0 aliphatic rings. The molecular formula is C21H16ClF2N5O2. The van der Waals surface area contributed by atoms with Crippen LogP contribution in [0.2, 0.25) is 5.02 Å². The van der Waals surface area contributed by atoms with Gasteiger partial charge in [0.2, 0.25) is 0 Å². The summed E-state index contributed by atoms with van der Waals surface area (Å²) in [6.45, 7) is 0.379. The summed E-state index contributed by atoms with van der Waals surface area (Å²) in [6, 6.07) is 13.6. The van der Waals surface area contributed by atoms with Gasteiger partial charge in [0.1, 0.15) is 5.82 Å². The van der Waals surface area contributed by atoms with Gasteiger partial charge in [-0.25, -0.2) is 13.5 Å². The summed E-state index contributed by atoms with van der Waals surface area (Å²) in [7, 11) is 0. The maximum absolute atomic E-state index is 13.6. The number of nitrogens with one attached hydrogen (secondary N) is 1. The molecule has 1 N–H and O–H groups in total. The van der Waals surface area contributed by atoms with E-state index in [1.165, 1.54) is 23.0 Å². The fourth-order valence-electron chi connectivity index (χ4n) is 2.76. The third kappa shape index (κ3) is 5.26. The number of ether oxygens (including phenoxy) is 1. The standard InChI is InChI=1S/C21H16ClF2N5O2/c22-15-3-1-14(2-4-15)12-28-10-8-20(27-28)25-21(30)18-7-9-29(26-18)13-31-19-6-5-16(23)11-17(19)24/h1-11H,12-13H2,(H,25,27,30). The summed E-state index contributed by atoms with van der Waals surface area (Å²) >= 11 is 5.88. The second kappa shape index (κ2) is 8.97. The molecule has 0 atom stereocenters. The van der Waals surface area contributed by atoms with Crippen molar-refractivity contribution in [2.75, 3.05) is 5.32 Å². The average Bonchev–Trinajstić information content (AvgIpc) is 3.39. The van der Waals surface area contributed by atoms with E-state index < -0.39 is 17.5 Å². The van der Waals surface area contributed by atoms with Crippen LogP contribution in [0, 0.1) is 11.6 Å². The van der Waals surface area contributed by atoms with Crippen molar-refractivity contribution in [1.29, 1.82) is 0 Å². The number of anilines is 1. The van der Waals surface area contributed by atoms with Crippen molar-refractivity contribution in [2.45, 2.75) is 13.3 Å². The molecule has 0 saturated heterocycles. The number of nitrogens with zero attached hydrogens (tertiary/aromatic N) is 4. The number of hydrogen-bond acceptors (Lipinski definition) is 4. The molecule has 0 bridgehead atoms. The number of benzene rings is 2. The molecule has 2 heterocycles. The smallest absolute Gasteiger partial charge is 0.277 e. The number of hydrogen-bond donors (Lipinski definition) is 1. The van der Waals surface area contributed by atoms with Crippen LogP contribution in [0.15, 0.2) is 67.0 Å². The van der Waals surface area contributed by atoms with Crippen LogP contribution in [-0.2, 0) is 13.3 Å². The van der Waals surface area contributed by atoms with Crippen molar-refractivity contribution in [3.05, 3.63) is 94.9 Å². The number of aromatic nitrogens is 4. The van der Waals surface area contributed by atoms with Gasteiger partial charge >= 0.3 is 0 Å². The Morgan fingerprint density at radius 2 is 1.77 bits per heavy atom. The number of halogens is 3. The Labute approximate surface area is 180 Å². The van der Waals surface area contributed by atoms with Crippen LogP contribution in [-0.4, -0.2) is 25.5 Å². The highest BCUT2D eigenvalue weighted by molar-refractivity contribution is 6.30. The summed E-state index contributed by atoms with van der Waals surface area (Å²) in [5.74, 6) is -1.71. The molecule has 4 rings (SSSR count). The van der Waals surface area contributed by atoms with Gasteiger partial charge in [-0.1, -0.05) is 23.7 Å². The Balaban J connectivity index is 1.33. The zero-order valence-corrected chi connectivity index (χ0v) is 16.8. The minimum Gasteiger partial charge on any atom is -0.468 e. The van der Waals surface area contributed by atoms with Gasteiger partial charge in [0.05, 0.1) is 6.54 Å². The SMILES string of the molecule is O=C(Nc1ccn(Cc2ccc(Cl)cc2)n1)c1ccn(COc2ccc(F)cc2F)n1. The molecule has 0 unspecified atom stereocenters. The highest BCUT2D eigenvalue weighted by atomic mass is 35.5. The fourth-order valence-corrected chi connectivity index (χ4v) is 2.88. The van der Waals surface area contributed by atoms with Gasteiger partial charge in [0.25, 0.3) is 5.91 Å². The molecule has 31 heavy (non-hydrogen) atoms. The van der Waals surface area contributed by atoms with Crippen LogP contribution in [0.4, 0.5) is 14.6 Å². The molecular weight excluding hydrogens is 428 g/mol. The van der Waals surface area contributed by atoms with Crippen LogP contribution in [0.1, 0.15) is 16.1 Å². The van der Waals surface area contributed by atoms with Crippen LogP contribution in [0.3, 0.4) is 0 Å². The fraction of sp³-hybridized carbons (Fsp3) is 0.0952. The van der Waals surface area contributed by atoms with E-state index in [1.807, 2.05) is 12.1 Å². The number of rotatable bonds is 7. The molecule has 0 radical (unpaired) electrons. The van der Waals surface area contributed by atoms with E-state index in [2.05, 4.69) is 15.5 Å². The van der Waals surface area contributed by atoms with Gasteiger partial charge in [-0.05, 0) is 35.9 Å². The van der Waals surface area contributed by atoms with Crippen LogP contribution >= 0.6 is 11.6 Å². The number of carbonyl (C=O) groups excluding carboxylic acids is 1. The van der Waals surface area contributed by atoms with E-state index in [1.54, 1.807) is 29.1 Å². The first kappa shape index (κ1) is 20.5. The Hall–Kier alpha value is -3.72. The lowest BCUT2D eigenvalue weighted by Gasteiger charge is -2.07. The first-order valence-corrected chi connectivity index (χ1v) is 9.54. The van der Waals surface area contributed by atoms with Gasteiger partial charge in [-0.15, -0.1) is 0 Å². The topological polar surface area (TPSA) is 74.0 Å². The molecule has 0 aliphatic heterocycles. The highest BCUT2D eigenvalue weighted by Crippen LogP contribution is 2.18. The predicted molar refractivity (Wildman–Crippen MR) is 110 cm³/mol. The molecule has 7 nitrogen and oxygen atoms in total. The zero-order chi connectivity index (χ0) is 21.8. The molecule has 2 aromatic heterocycles. The number of carbonyl (C=O) groups is 1. The Morgan fingerprint density at radius 3 is 2.55 bits per heavy atom. The summed E-state index contributed by atoms with van der Waals surface area (Å²) in [5, 5.41) is 11.7. The van der Waals surface area contributed by atoms with Gasteiger partial charge in [0.15, 0.2) is 29.8 Å². The molecule has 0 spiro atoms. The van der Waals surface area contributed by atoms with Crippen molar-refractivity contribution in [3.8, 4) is 5.75 Å². The highest BCUT2D eigenvalue weighted by Gasteiger charge is 2.12. The summed E-state index contributed by atoms with van der Waals surface area (Å²) < 4.78 is 34.8. The van der Waals surface area contributed by atoms with Crippen molar-refractivity contribution in [1.82, 2.24) is 19.6 Å². The summed E-state index contributed by atoms with van der Waals surface area (Å²) in [4.78, 5) is 12.4. The minimum absolute atomic E-state index is 0.117. The minimum atomic E-state index is -0.820. The molecule has 0 fully saturated rings. The van der Waals surface area contributed by atoms with Crippen LogP contribution in [0.5, 0.6) is 5.75 Å². The van der Waals surface area contributed by atoms with E-state index in [-0.39, 0.29) is 18.2 Å². The quantitative estimate of drug-likeness (QED) is 0.461. The average molecular weight is 444 g/mol. The third-order valence-corrected chi connectivity index (χ3v) is 4.51. The summed E-state index contributed by atoms with van der Waals surface area (Å²) in [5.41, 5.74) is 1.15. The van der Waals surface area contributed by atoms with Gasteiger partial charge in [0, 0.05) is 29.5 Å². The molecule has 0 saturated carbocycles. The third-order valence-electron chi connectivity index (χ3n) is 4.26. The van der Waals surface area contributed by atoms with E-state index in [4.69, 9.17) is 16.3 Å². The van der Waals surface area contributed by atoms with Crippen LogP contribution in [0.25, 0.3) is 0 Å². The Kier molecular flexibility index (Phi) is 5.94. The van der Waals surface area contributed by atoms with Gasteiger partial charge < -0.3 is 10.1 Å². The first-order chi connectivity index (χ1) is 15.0. The largest absolute Gasteiger partial charge is 0.468 e. The summed E-state index contributed by atoms with van der Waals surface area (Å²) in [6.07, 6.45) is 3.25. The molecule has 1 amide bonds. The predicted octanol–water partition coefficient (Wildman–Crippen LogP) is 4.35. The molecule has 0 aliphatic carbocycles. The van der Waals surface area contributed by atoms with Crippen molar-refractivity contribution >= 4 is 23.3 Å².